The summed E-state index contributed by atoms with van der Waals surface area (Å²) in [7, 11) is 0. The normalized spacial score (nSPS) is 11.9. The number of aliphatic carboxylic acids is 1. The van der Waals surface area contributed by atoms with E-state index in [1.54, 1.807) is 12.1 Å². The summed E-state index contributed by atoms with van der Waals surface area (Å²) in [5.41, 5.74) is 0.963. The topological polar surface area (TPSA) is 66.4 Å². The molecule has 0 radical (unpaired) electrons. The number of halogens is 1. The number of carboxylic acid groups (broad SMARTS) is 1. The highest BCUT2D eigenvalue weighted by molar-refractivity contribution is 5.76. The third-order valence-electron chi connectivity index (χ3n) is 2.91. The molecule has 1 unspecified atom stereocenters. The van der Waals surface area contributed by atoms with Crippen molar-refractivity contribution >= 4 is 11.9 Å². The van der Waals surface area contributed by atoms with Crippen molar-refractivity contribution in [1.29, 1.82) is 0 Å². The van der Waals surface area contributed by atoms with Gasteiger partial charge in [0.1, 0.15) is 5.82 Å². The Kier molecular flexibility index (Phi) is 6.70. The molecule has 0 aromatic heterocycles. The molecule has 0 fully saturated rings. The number of carbonyl (C=O) groups excluding carboxylic acids is 1. The molecule has 20 heavy (non-hydrogen) atoms. The summed E-state index contributed by atoms with van der Waals surface area (Å²) in [6.45, 7) is 1.89. The molecule has 1 rings (SSSR count). The van der Waals surface area contributed by atoms with E-state index in [0.29, 0.717) is 25.7 Å². The number of amides is 1. The van der Waals surface area contributed by atoms with Gasteiger partial charge in [-0.25, -0.2) is 4.39 Å². The first-order valence-electron chi connectivity index (χ1n) is 6.73. The number of hydrogen-bond donors (Lipinski definition) is 2. The Morgan fingerprint density at radius 1 is 1.20 bits per heavy atom. The molecule has 0 bridgehead atoms. The molecule has 1 aromatic rings. The number of benzene rings is 1. The second-order valence-electron chi connectivity index (χ2n) is 4.90. The number of hydrogen-bond acceptors (Lipinski definition) is 2. The summed E-state index contributed by atoms with van der Waals surface area (Å²) < 4.78 is 12.8. The number of unbranched alkanes of at least 4 members (excludes halogenated alkanes) is 1. The van der Waals surface area contributed by atoms with Crippen LogP contribution in [0.2, 0.25) is 0 Å². The van der Waals surface area contributed by atoms with Crippen LogP contribution >= 0.6 is 0 Å². The van der Waals surface area contributed by atoms with Gasteiger partial charge in [0.2, 0.25) is 5.91 Å². The summed E-state index contributed by atoms with van der Waals surface area (Å²) in [6, 6.07) is 6.16. The fourth-order valence-electron chi connectivity index (χ4n) is 1.93. The molecule has 0 heterocycles. The van der Waals surface area contributed by atoms with Crippen LogP contribution < -0.4 is 5.32 Å². The van der Waals surface area contributed by atoms with Crippen molar-refractivity contribution in [3.63, 3.8) is 0 Å². The first-order valence-corrected chi connectivity index (χ1v) is 6.73. The monoisotopic (exact) mass is 281 g/mol. The molecular weight excluding hydrogens is 261 g/mol. The van der Waals surface area contributed by atoms with Gasteiger partial charge in [0.15, 0.2) is 0 Å². The SMILES string of the molecule is CC(Cc1ccc(F)cc1)NC(=O)CCCCC(=O)O. The quantitative estimate of drug-likeness (QED) is 0.719. The van der Waals surface area contributed by atoms with Crippen LogP contribution in [0.15, 0.2) is 24.3 Å². The highest BCUT2D eigenvalue weighted by Crippen LogP contribution is 2.06. The lowest BCUT2D eigenvalue weighted by atomic mass is 10.1. The summed E-state index contributed by atoms with van der Waals surface area (Å²) in [4.78, 5) is 21.9. The van der Waals surface area contributed by atoms with Crippen molar-refractivity contribution in [2.24, 2.45) is 0 Å². The predicted molar refractivity (Wildman–Crippen MR) is 73.8 cm³/mol. The van der Waals surface area contributed by atoms with E-state index in [1.807, 2.05) is 6.92 Å². The standard InChI is InChI=1S/C15H20FNO3/c1-11(10-12-6-8-13(16)9-7-12)17-14(18)4-2-3-5-15(19)20/h6-9,11H,2-5,10H2,1H3,(H,17,18)(H,19,20). The third-order valence-corrected chi connectivity index (χ3v) is 2.91. The molecule has 110 valence electrons. The Bertz CT molecular complexity index is 445. The van der Waals surface area contributed by atoms with Crippen LogP contribution in [0, 0.1) is 5.82 Å². The van der Waals surface area contributed by atoms with Gasteiger partial charge in [-0.1, -0.05) is 12.1 Å². The van der Waals surface area contributed by atoms with Crippen LogP contribution in [-0.2, 0) is 16.0 Å². The van der Waals surface area contributed by atoms with Gasteiger partial charge in [-0.3, -0.25) is 9.59 Å². The Morgan fingerprint density at radius 2 is 1.80 bits per heavy atom. The van der Waals surface area contributed by atoms with Crippen molar-refractivity contribution < 1.29 is 19.1 Å². The lowest BCUT2D eigenvalue weighted by molar-refractivity contribution is -0.137. The summed E-state index contributed by atoms with van der Waals surface area (Å²) >= 11 is 0. The van der Waals surface area contributed by atoms with Gasteiger partial charge < -0.3 is 10.4 Å². The Morgan fingerprint density at radius 3 is 2.40 bits per heavy atom. The second kappa shape index (κ2) is 8.30. The van der Waals surface area contributed by atoms with Crippen molar-refractivity contribution in [3.8, 4) is 0 Å². The highest BCUT2D eigenvalue weighted by atomic mass is 19.1. The number of carboxylic acids is 1. The fourth-order valence-corrected chi connectivity index (χ4v) is 1.93. The van der Waals surface area contributed by atoms with Crippen LogP contribution in [-0.4, -0.2) is 23.0 Å². The second-order valence-corrected chi connectivity index (χ2v) is 4.90. The zero-order chi connectivity index (χ0) is 15.0. The molecule has 0 saturated carbocycles. The van der Waals surface area contributed by atoms with Crippen LogP contribution in [0.25, 0.3) is 0 Å². The van der Waals surface area contributed by atoms with Crippen molar-refractivity contribution in [3.05, 3.63) is 35.6 Å². The van der Waals surface area contributed by atoms with Crippen molar-refractivity contribution in [1.82, 2.24) is 5.32 Å². The maximum absolute atomic E-state index is 12.8. The van der Waals surface area contributed by atoms with E-state index in [2.05, 4.69) is 5.32 Å². The maximum Gasteiger partial charge on any atom is 0.303 e. The Labute approximate surface area is 118 Å². The molecule has 0 aliphatic rings. The summed E-state index contributed by atoms with van der Waals surface area (Å²) in [5, 5.41) is 11.3. The molecule has 1 atom stereocenters. The van der Waals surface area contributed by atoms with Gasteiger partial charge in [-0.2, -0.15) is 0 Å². The molecule has 0 saturated heterocycles. The molecule has 0 aliphatic carbocycles. The van der Waals surface area contributed by atoms with Crippen molar-refractivity contribution in [2.75, 3.05) is 0 Å². The minimum atomic E-state index is -0.838. The predicted octanol–water partition coefficient (Wildman–Crippen LogP) is 2.52. The van der Waals surface area contributed by atoms with Gasteiger partial charge in [-0.05, 0) is 43.9 Å². The lowest BCUT2D eigenvalue weighted by Gasteiger charge is -2.14. The molecule has 0 aliphatic heterocycles. The van der Waals surface area contributed by atoms with Crippen LogP contribution in [0.4, 0.5) is 4.39 Å². The molecule has 1 aromatic carbocycles. The third kappa shape index (κ3) is 6.87. The van der Waals surface area contributed by atoms with Gasteiger partial charge >= 0.3 is 5.97 Å². The van der Waals surface area contributed by atoms with E-state index < -0.39 is 5.97 Å². The van der Waals surface area contributed by atoms with E-state index in [4.69, 9.17) is 5.11 Å². The van der Waals surface area contributed by atoms with E-state index in [0.717, 1.165) is 5.56 Å². The molecule has 1 amide bonds. The van der Waals surface area contributed by atoms with Gasteiger partial charge in [0, 0.05) is 18.9 Å². The smallest absolute Gasteiger partial charge is 0.303 e. The minimum Gasteiger partial charge on any atom is -0.481 e. The molecule has 0 spiro atoms. The van der Waals surface area contributed by atoms with E-state index in [-0.39, 0.29) is 24.2 Å². The Hall–Kier alpha value is -1.91. The first-order chi connectivity index (χ1) is 9.47. The fraction of sp³-hybridized carbons (Fsp3) is 0.467. The van der Waals surface area contributed by atoms with Crippen LogP contribution in [0.1, 0.15) is 38.2 Å². The van der Waals surface area contributed by atoms with Crippen LogP contribution in [0.5, 0.6) is 0 Å². The largest absolute Gasteiger partial charge is 0.481 e. The molecule has 5 heteroatoms. The maximum atomic E-state index is 12.8. The van der Waals surface area contributed by atoms with Gasteiger partial charge in [0.25, 0.3) is 0 Å². The van der Waals surface area contributed by atoms with Crippen LogP contribution in [0.3, 0.4) is 0 Å². The zero-order valence-electron chi connectivity index (χ0n) is 11.6. The van der Waals surface area contributed by atoms with Crippen molar-refractivity contribution in [2.45, 2.75) is 45.1 Å². The molecular formula is C15H20FNO3. The molecule has 4 nitrogen and oxygen atoms in total. The summed E-state index contributed by atoms with van der Waals surface area (Å²) in [6.07, 6.45) is 2.15. The van der Waals surface area contributed by atoms with E-state index in [1.165, 1.54) is 12.1 Å². The minimum absolute atomic E-state index is 0.0348. The molecule has 2 N–H and O–H groups in total. The lowest BCUT2D eigenvalue weighted by Crippen LogP contribution is -2.33. The van der Waals surface area contributed by atoms with E-state index >= 15 is 0 Å². The van der Waals surface area contributed by atoms with Gasteiger partial charge in [-0.15, -0.1) is 0 Å². The number of rotatable bonds is 8. The average Bonchev–Trinajstić information content (AvgIpc) is 2.37. The first kappa shape index (κ1) is 16.1. The average molecular weight is 281 g/mol. The highest BCUT2D eigenvalue weighted by Gasteiger charge is 2.08. The zero-order valence-corrected chi connectivity index (χ0v) is 11.6. The summed E-state index contributed by atoms with van der Waals surface area (Å²) in [5.74, 6) is -1.19. The number of nitrogens with one attached hydrogen (secondary N) is 1. The van der Waals surface area contributed by atoms with Gasteiger partial charge in [0.05, 0.1) is 0 Å². The Balaban J connectivity index is 2.24. The van der Waals surface area contributed by atoms with E-state index in [9.17, 15) is 14.0 Å². The number of carbonyl (C=O) groups is 2.